The number of rotatable bonds is 6. The van der Waals surface area contributed by atoms with Crippen LogP contribution in [-0.4, -0.2) is 48.5 Å². The maximum absolute atomic E-state index is 5.12. The summed E-state index contributed by atoms with van der Waals surface area (Å²) in [5, 5.41) is 16.1. The minimum atomic E-state index is 0.222. The Hall–Kier alpha value is -1.80. The minimum Gasteiger partial charge on any atom is -0.377 e. The zero-order valence-corrected chi connectivity index (χ0v) is 15.0. The van der Waals surface area contributed by atoms with Crippen molar-refractivity contribution in [1.29, 1.82) is 0 Å². The van der Waals surface area contributed by atoms with Gasteiger partial charge in [-0.1, -0.05) is 20.3 Å². The molecule has 24 heavy (non-hydrogen) atoms. The predicted octanol–water partition coefficient (Wildman–Crippen LogP) is 1.93. The van der Waals surface area contributed by atoms with Crippen LogP contribution in [0.4, 0.5) is 0 Å². The highest BCUT2D eigenvalue weighted by Gasteiger charge is 2.28. The number of aromatic nitrogens is 6. The van der Waals surface area contributed by atoms with E-state index in [-0.39, 0.29) is 6.04 Å². The van der Waals surface area contributed by atoms with E-state index >= 15 is 0 Å². The van der Waals surface area contributed by atoms with E-state index in [2.05, 4.69) is 48.7 Å². The summed E-state index contributed by atoms with van der Waals surface area (Å²) in [6.07, 6.45) is 3.46. The van der Waals surface area contributed by atoms with Crippen molar-refractivity contribution in [3.8, 4) is 0 Å². The van der Waals surface area contributed by atoms with Crippen molar-refractivity contribution >= 4 is 0 Å². The van der Waals surface area contributed by atoms with Crippen LogP contribution in [0.2, 0.25) is 0 Å². The van der Waals surface area contributed by atoms with Gasteiger partial charge in [0.1, 0.15) is 18.3 Å². The first-order valence-electron chi connectivity index (χ1n) is 8.62. The van der Waals surface area contributed by atoms with Crippen LogP contribution in [0.1, 0.15) is 68.4 Å². The molecule has 3 rings (SSSR count). The summed E-state index contributed by atoms with van der Waals surface area (Å²) < 4.78 is 7.24. The SMILES string of the molecule is COCc1nc(C2CCCCN2Cc2nnc(C(C)C)n2C)n[nH]1. The lowest BCUT2D eigenvalue weighted by atomic mass is 10.0. The number of methoxy groups -OCH3 is 1. The van der Waals surface area contributed by atoms with E-state index in [0.717, 1.165) is 42.8 Å². The molecule has 3 heterocycles. The van der Waals surface area contributed by atoms with Crippen LogP contribution >= 0.6 is 0 Å². The molecule has 2 aromatic heterocycles. The number of ether oxygens (including phenoxy) is 1. The molecule has 8 nitrogen and oxygen atoms in total. The molecule has 1 fully saturated rings. The number of nitrogens with zero attached hydrogens (tertiary/aromatic N) is 6. The van der Waals surface area contributed by atoms with Gasteiger partial charge in [-0.25, -0.2) is 4.98 Å². The summed E-state index contributed by atoms with van der Waals surface area (Å²) in [5.74, 6) is 4.03. The molecule has 0 aromatic carbocycles. The zero-order valence-electron chi connectivity index (χ0n) is 15.0. The average Bonchev–Trinajstić information content (AvgIpc) is 3.16. The molecule has 1 N–H and O–H groups in total. The summed E-state index contributed by atoms with van der Waals surface area (Å²) in [5.41, 5.74) is 0. The Kier molecular flexibility index (Phi) is 5.25. The fourth-order valence-electron chi connectivity index (χ4n) is 3.33. The van der Waals surface area contributed by atoms with Crippen molar-refractivity contribution in [3.05, 3.63) is 23.3 Å². The van der Waals surface area contributed by atoms with E-state index in [4.69, 9.17) is 4.74 Å². The van der Waals surface area contributed by atoms with Gasteiger partial charge in [0.25, 0.3) is 0 Å². The van der Waals surface area contributed by atoms with Crippen LogP contribution in [0.25, 0.3) is 0 Å². The minimum absolute atomic E-state index is 0.222. The summed E-state index contributed by atoms with van der Waals surface area (Å²) in [6.45, 7) is 6.55. The van der Waals surface area contributed by atoms with E-state index in [1.807, 2.05) is 7.05 Å². The molecular weight excluding hydrogens is 306 g/mol. The van der Waals surface area contributed by atoms with Crippen LogP contribution in [0.5, 0.6) is 0 Å². The Balaban J connectivity index is 1.77. The van der Waals surface area contributed by atoms with Crippen molar-refractivity contribution in [2.75, 3.05) is 13.7 Å². The lowest BCUT2D eigenvalue weighted by Gasteiger charge is -2.33. The molecule has 0 bridgehead atoms. The lowest BCUT2D eigenvalue weighted by molar-refractivity contribution is 0.128. The number of piperidine rings is 1. The van der Waals surface area contributed by atoms with Crippen molar-refractivity contribution in [1.82, 2.24) is 34.8 Å². The van der Waals surface area contributed by atoms with Gasteiger partial charge in [0, 0.05) is 20.1 Å². The molecule has 1 aliphatic rings. The van der Waals surface area contributed by atoms with E-state index in [1.54, 1.807) is 7.11 Å². The summed E-state index contributed by atoms with van der Waals surface area (Å²) in [7, 11) is 3.71. The number of hydrogen-bond donors (Lipinski definition) is 1. The molecule has 0 aliphatic carbocycles. The second-order valence-electron chi connectivity index (χ2n) is 6.74. The highest BCUT2D eigenvalue weighted by molar-refractivity contribution is 5.03. The standard InChI is InChI=1S/C16H27N7O/c1-11(2)16-21-19-14(22(16)3)9-23-8-6-5-7-12(23)15-17-13(10-24-4)18-20-15/h11-12H,5-10H2,1-4H3,(H,17,18,20). The van der Waals surface area contributed by atoms with Gasteiger partial charge in [0.15, 0.2) is 11.6 Å². The smallest absolute Gasteiger partial charge is 0.167 e. The van der Waals surface area contributed by atoms with Gasteiger partial charge in [-0.2, -0.15) is 5.10 Å². The first-order chi connectivity index (χ1) is 11.6. The monoisotopic (exact) mass is 333 g/mol. The molecule has 8 heteroatoms. The summed E-state index contributed by atoms with van der Waals surface area (Å²) in [6, 6.07) is 0.222. The number of H-pyrrole nitrogens is 1. The summed E-state index contributed by atoms with van der Waals surface area (Å²) >= 11 is 0. The van der Waals surface area contributed by atoms with Crippen LogP contribution < -0.4 is 0 Å². The maximum Gasteiger partial charge on any atom is 0.167 e. The molecule has 0 amide bonds. The van der Waals surface area contributed by atoms with Crippen molar-refractivity contribution in [2.45, 2.75) is 58.2 Å². The molecular formula is C16H27N7O. The Morgan fingerprint density at radius 1 is 1.29 bits per heavy atom. The largest absolute Gasteiger partial charge is 0.377 e. The van der Waals surface area contributed by atoms with Crippen molar-refractivity contribution in [2.24, 2.45) is 7.05 Å². The molecule has 0 saturated carbocycles. The topological polar surface area (TPSA) is 84.8 Å². The van der Waals surface area contributed by atoms with Crippen LogP contribution in [-0.2, 0) is 24.9 Å². The number of likely N-dealkylation sites (tertiary alicyclic amines) is 1. The second kappa shape index (κ2) is 7.40. The predicted molar refractivity (Wildman–Crippen MR) is 89.2 cm³/mol. The van der Waals surface area contributed by atoms with Crippen LogP contribution in [0.3, 0.4) is 0 Å². The van der Waals surface area contributed by atoms with Gasteiger partial charge in [-0.3, -0.25) is 10.00 Å². The average molecular weight is 333 g/mol. The number of aromatic amines is 1. The van der Waals surface area contributed by atoms with Gasteiger partial charge in [-0.05, 0) is 19.4 Å². The number of nitrogens with one attached hydrogen (secondary N) is 1. The third-order valence-corrected chi connectivity index (χ3v) is 4.60. The van der Waals surface area contributed by atoms with Crippen LogP contribution in [0, 0.1) is 0 Å². The summed E-state index contributed by atoms with van der Waals surface area (Å²) in [4.78, 5) is 7.01. The first kappa shape index (κ1) is 17.0. The first-order valence-corrected chi connectivity index (χ1v) is 8.62. The van der Waals surface area contributed by atoms with Gasteiger partial charge in [0.05, 0.1) is 12.6 Å². The van der Waals surface area contributed by atoms with Gasteiger partial charge >= 0.3 is 0 Å². The van der Waals surface area contributed by atoms with Gasteiger partial charge < -0.3 is 9.30 Å². The Bertz CT molecular complexity index is 663. The molecule has 132 valence electrons. The van der Waals surface area contributed by atoms with Crippen molar-refractivity contribution in [3.63, 3.8) is 0 Å². The molecule has 1 atom stereocenters. The third-order valence-electron chi connectivity index (χ3n) is 4.60. The quantitative estimate of drug-likeness (QED) is 0.869. The van der Waals surface area contributed by atoms with Crippen LogP contribution in [0.15, 0.2) is 0 Å². The highest BCUT2D eigenvalue weighted by Crippen LogP contribution is 2.30. The van der Waals surface area contributed by atoms with E-state index in [1.165, 1.54) is 12.8 Å². The molecule has 1 unspecified atom stereocenters. The second-order valence-corrected chi connectivity index (χ2v) is 6.74. The normalized spacial score (nSPS) is 19.3. The van der Waals surface area contributed by atoms with E-state index in [9.17, 15) is 0 Å². The molecule has 1 saturated heterocycles. The van der Waals surface area contributed by atoms with Gasteiger partial charge in [0.2, 0.25) is 0 Å². The molecule has 2 aromatic rings. The third kappa shape index (κ3) is 3.49. The fourth-order valence-corrected chi connectivity index (χ4v) is 3.33. The van der Waals surface area contributed by atoms with E-state index < -0.39 is 0 Å². The molecule has 0 spiro atoms. The Morgan fingerprint density at radius 3 is 2.83 bits per heavy atom. The lowest BCUT2D eigenvalue weighted by Crippen LogP contribution is -2.34. The van der Waals surface area contributed by atoms with E-state index in [0.29, 0.717) is 12.5 Å². The maximum atomic E-state index is 5.12. The highest BCUT2D eigenvalue weighted by atomic mass is 16.5. The molecule has 1 aliphatic heterocycles. The number of hydrogen-bond acceptors (Lipinski definition) is 6. The van der Waals surface area contributed by atoms with Crippen molar-refractivity contribution < 1.29 is 4.74 Å². The fraction of sp³-hybridized carbons (Fsp3) is 0.750. The molecule has 0 radical (unpaired) electrons. The van der Waals surface area contributed by atoms with Gasteiger partial charge in [-0.15, -0.1) is 10.2 Å². The Morgan fingerprint density at radius 2 is 2.12 bits per heavy atom. The Labute approximate surface area is 142 Å². The zero-order chi connectivity index (χ0) is 17.1.